The van der Waals surface area contributed by atoms with Crippen molar-refractivity contribution < 1.29 is 4.74 Å². The van der Waals surface area contributed by atoms with Gasteiger partial charge < -0.3 is 10.1 Å². The van der Waals surface area contributed by atoms with Crippen LogP contribution in [0.2, 0.25) is 0 Å². The van der Waals surface area contributed by atoms with Crippen LogP contribution in [0.15, 0.2) is 60.7 Å². The van der Waals surface area contributed by atoms with E-state index in [9.17, 15) is 0 Å². The lowest BCUT2D eigenvalue weighted by molar-refractivity contribution is 0.0707. The van der Waals surface area contributed by atoms with Crippen molar-refractivity contribution in [2.24, 2.45) is 0 Å². The Morgan fingerprint density at radius 3 is 2.09 bits per heavy atom. The molecule has 1 N–H and O–H groups in total. The van der Waals surface area contributed by atoms with Crippen LogP contribution < -0.4 is 5.32 Å². The van der Waals surface area contributed by atoms with E-state index in [1.807, 2.05) is 0 Å². The largest absolute Gasteiger partial charge is 0.369 e. The molecule has 1 unspecified atom stereocenters. The van der Waals surface area contributed by atoms with Crippen molar-refractivity contribution in [1.82, 2.24) is 5.32 Å². The molecule has 0 aromatic heterocycles. The minimum absolute atomic E-state index is 0.0333. The highest BCUT2D eigenvalue weighted by Crippen LogP contribution is 2.26. The van der Waals surface area contributed by atoms with Crippen LogP contribution >= 0.6 is 0 Å². The van der Waals surface area contributed by atoms with Crippen molar-refractivity contribution in [3.05, 3.63) is 71.8 Å². The fourth-order valence-electron chi connectivity index (χ4n) is 3.14. The van der Waals surface area contributed by atoms with Gasteiger partial charge in [-0.05, 0) is 36.9 Å². The van der Waals surface area contributed by atoms with E-state index in [1.165, 1.54) is 30.4 Å². The maximum atomic E-state index is 6.28. The molecular formula is C20H25NO. The van der Waals surface area contributed by atoms with E-state index in [1.54, 1.807) is 0 Å². The first kappa shape index (κ1) is 15.3. The molecule has 1 saturated heterocycles. The summed E-state index contributed by atoms with van der Waals surface area (Å²) >= 11 is 0. The summed E-state index contributed by atoms with van der Waals surface area (Å²) in [6, 6.07) is 21.7. The Labute approximate surface area is 133 Å². The fraction of sp³-hybridized carbons (Fsp3) is 0.400. The van der Waals surface area contributed by atoms with Crippen LogP contribution in [-0.2, 0) is 4.74 Å². The van der Waals surface area contributed by atoms with Gasteiger partial charge in [0, 0.05) is 12.6 Å². The van der Waals surface area contributed by atoms with Gasteiger partial charge in [-0.25, -0.2) is 0 Å². The van der Waals surface area contributed by atoms with Crippen LogP contribution in [-0.4, -0.2) is 19.2 Å². The Hall–Kier alpha value is -1.64. The van der Waals surface area contributed by atoms with Crippen molar-refractivity contribution >= 4 is 0 Å². The SMILES string of the molecule is c1ccc(C(OCCC2CCCCN2)c2ccccc2)cc1. The number of hydrogen-bond donors (Lipinski definition) is 1. The zero-order valence-corrected chi connectivity index (χ0v) is 13.1. The zero-order valence-electron chi connectivity index (χ0n) is 13.1. The van der Waals surface area contributed by atoms with Gasteiger partial charge in [0.05, 0.1) is 0 Å². The molecule has 0 radical (unpaired) electrons. The normalized spacial score (nSPS) is 18.5. The van der Waals surface area contributed by atoms with Gasteiger partial charge in [-0.15, -0.1) is 0 Å². The van der Waals surface area contributed by atoms with Gasteiger partial charge in [-0.1, -0.05) is 67.1 Å². The highest BCUT2D eigenvalue weighted by Gasteiger charge is 2.16. The standard InChI is InChI=1S/C20H25NO/c1-3-9-17(10-4-1)20(18-11-5-2-6-12-18)22-16-14-19-13-7-8-15-21-19/h1-6,9-12,19-21H,7-8,13-16H2. The van der Waals surface area contributed by atoms with Crippen molar-refractivity contribution in [1.29, 1.82) is 0 Å². The molecule has 1 aliphatic heterocycles. The lowest BCUT2D eigenvalue weighted by atomic mass is 10.0. The molecule has 2 heteroatoms. The van der Waals surface area contributed by atoms with Crippen LogP contribution in [0.3, 0.4) is 0 Å². The maximum Gasteiger partial charge on any atom is 0.108 e. The first-order valence-corrected chi connectivity index (χ1v) is 8.38. The number of rotatable bonds is 6. The highest BCUT2D eigenvalue weighted by atomic mass is 16.5. The summed E-state index contributed by atoms with van der Waals surface area (Å²) < 4.78 is 6.28. The molecule has 1 aliphatic rings. The van der Waals surface area contributed by atoms with Crippen molar-refractivity contribution in [2.45, 2.75) is 37.8 Å². The molecule has 1 heterocycles. The predicted octanol–water partition coefficient (Wildman–Crippen LogP) is 4.32. The summed E-state index contributed by atoms with van der Waals surface area (Å²) in [5, 5.41) is 3.59. The van der Waals surface area contributed by atoms with Crippen LogP contribution in [0.4, 0.5) is 0 Å². The van der Waals surface area contributed by atoms with E-state index in [-0.39, 0.29) is 6.10 Å². The molecule has 2 aromatic carbocycles. The molecule has 2 aromatic rings. The zero-order chi connectivity index (χ0) is 15.0. The van der Waals surface area contributed by atoms with Crippen molar-refractivity contribution in [3.63, 3.8) is 0 Å². The lowest BCUT2D eigenvalue weighted by Crippen LogP contribution is -2.34. The van der Waals surface area contributed by atoms with Gasteiger partial charge in [0.15, 0.2) is 0 Å². The number of ether oxygens (including phenoxy) is 1. The number of nitrogens with one attached hydrogen (secondary N) is 1. The van der Waals surface area contributed by atoms with E-state index < -0.39 is 0 Å². The molecule has 22 heavy (non-hydrogen) atoms. The third kappa shape index (κ3) is 4.19. The Morgan fingerprint density at radius 1 is 0.909 bits per heavy atom. The second-order valence-electron chi connectivity index (χ2n) is 6.01. The molecule has 0 aliphatic carbocycles. The molecule has 116 valence electrons. The van der Waals surface area contributed by atoms with Crippen LogP contribution in [0.5, 0.6) is 0 Å². The molecule has 0 bridgehead atoms. The quantitative estimate of drug-likeness (QED) is 0.856. The second kappa shape index (κ2) is 8.11. The molecule has 2 nitrogen and oxygen atoms in total. The van der Waals surface area contributed by atoms with Crippen LogP contribution in [0.25, 0.3) is 0 Å². The molecule has 3 rings (SSSR count). The summed E-state index contributed by atoms with van der Waals surface area (Å²) in [6.07, 6.45) is 5.07. The van der Waals surface area contributed by atoms with Crippen LogP contribution in [0.1, 0.15) is 42.9 Å². The smallest absolute Gasteiger partial charge is 0.108 e. The monoisotopic (exact) mass is 295 g/mol. The molecule has 0 spiro atoms. The highest BCUT2D eigenvalue weighted by molar-refractivity contribution is 5.29. The lowest BCUT2D eigenvalue weighted by Gasteiger charge is -2.25. The summed E-state index contributed by atoms with van der Waals surface area (Å²) in [5.41, 5.74) is 2.45. The molecule has 1 fully saturated rings. The van der Waals surface area contributed by atoms with Gasteiger partial charge in [-0.2, -0.15) is 0 Å². The number of piperidine rings is 1. The second-order valence-corrected chi connectivity index (χ2v) is 6.01. The van der Waals surface area contributed by atoms with Gasteiger partial charge in [0.1, 0.15) is 6.10 Å². The molecule has 0 amide bonds. The topological polar surface area (TPSA) is 21.3 Å². The summed E-state index contributed by atoms with van der Waals surface area (Å²) in [7, 11) is 0. The number of benzene rings is 2. The van der Waals surface area contributed by atoms with Crippen molar-refractivity contribution in [2.75, 3.05) is 13.2 Å². The van der Waals surface area contributed by atoms with Crippen molar-refractivity contribution in [3.8, 4) is 0 Å². The first-order valence-electron chi connectivity index (χ1n) is 8.38. The minimum atomic E-state index is 0.0333. The minimum Gasteiger partial charge on any atom is -0.369 e. The molecular weight excluding hydrogens is 270 g/mol. The third-order valence-electron chi connectivity index (χ3n) is 4.37. The molecule has 1 atom stereocenters. The average Bonchev–Trinajstić information content (AvgIpc) is 2.61. The van der Waals surface area contributed by atoms with E-state index in [4.69, 9.17) is 4.74 Å². The van der Waals surface area contributed by atoms with Gasteiger partial charge in [0.2, 0.25) is 0 Å². The molecule has 0 saturated carbocycles. The van der Waals surface area contributed by atoms with E-state index in [0.29, 0.717) is 6.04 Å². The first-order chi connectivity index (χ1) is 10.9. The maximum absolute atomic E-state index is 6.28. The van der Waals surface area contributed by atoms with Gasteiger partial charge >= 0.3 is 0 Å². The van der Waals surface area contributed by atoms with E-state index in [2.05, 4.69) is 66.0 Å². The van der Waals surface area contributed by atoms with Gasteiger partial charge in [0.25, 0.3) is 0 Å². The summed E-state index contributed by atoms with van der Waals surface area (Å²) in [6.45, 7) is 1.96. The summed E-state index contributed by atoms with van der Waals surface area (Å²) in [5.74, 6) is 0. The third-order valence-corrected chi connectivity index (χ3v) is 4.37. The fourth-order valence-corrected chi connectivity index (χ4v) is 3.14. The van der Waals surface area contributed by atoms with E-state index >= 15 is 0 Å². The van der Waals surface area contributed by atoms with E-state index in [0.717, 1.165) is 19.6 Å². The average molecular weight is 295 g/mol. The Kier molecular flexibility index (Phi) is 5.63. The number of hydrogen-bond acceptors (Lipinski definition) is 2. The Balaban J connectivity index is 1.64. The Bertz CT molecular complexity index is 495. The van der Waals surface area contributed by atoms with Crippen LogP contribution in [0, 0.1) is 0 Å². The summed E-state index contributed by atoms with van der Waals surface area (Å²) in [4.78, 5) is 0. The Morgan fingerprint density at radius 2 is 1.55 bits per heavy atom. The van der Waals surface area contributed by atoms with Gasteiger partial charge in [-0.3, -0.25) is 0 Å². The predicted molar refractivity (Wildman–Crippen MR) is 90.9 cm³/mol.